The van der Waals surface area contributed by atoms with Crippen LogP contribution in [0.1, 0.15) is 20.8 Å². The number of primary amides is 1. The highest BCUT2D eigenvalue weighted by Crippen LogP contribution is 2.02. The van der Waals surface area contributed by atoms with Crippen molar-refractivity contribution in [1.29, 1.82) is 0 Å². The highest BCUT2D eigenvalue weighted by atomic mass is 16.2. The molecule has 8 heteroatoms. The Bertz CT molecular complexity index is 391. The topological polar surface area (TPSA) is 117 Å². The van der Waals surface area contributed by atoms with E-state index in [1.807, 2.05) is 20.8 Å². The van der Waals surface area contributed by atoms with Gasteiger partial charge in [0.1, 0.15) is 6.04 Å². The number of amides is 4. The van der Waals surface area contributed by atoms with Crippen molar-refractivity contribution in [3.8, 4) is 0 Å². The molecule has 0 saturated carbocycles. The molecule has 1 aliphatic heterocycles. The molecule has 1 aliphatic rings. The van der Waals surface area contributed by atoms with Crippen LogP contribution in [0.2, 0.25) is 0 Å². The van der Waals surface area contributed by atoms with Crippen LogP contribution in [0.3, 0.4) is 0 Å². The Morgan fingerprint density at radius 2 is 2.00 bits per heavy atom. The molecule has 0 spiro atoms. The summed E-state index contributed by atoms with van der Waals surface area (Å²) in [5.74, 6) is -0.941. The minimum atomic E-state index is -0.548. The Morgan fingerprint density at radius 3 is 2.55 bits per heavy atom. The largest absolute Gasteiger partial charge is 0.368 e. The molecule has 1 saturated heterocycles. The first-order chi connectivity index (χ1) is 9.19. The summed E-state index contributed by atoms with van der Waals surface area (Å²) < 4.78 is 0. The summed E-state index contributed by atoms with van der Waals surface area (Å²) in [6, 6.07) is -1.08. The minimum Gasteiger partial charge on any atom is -0.368 e. The third-order valence-corrected chi connectivity index (χ3v) is 2.77. The van der Waals surface area contributed by atoms with Crippen LogP contribution in [-0.2, 0) is 9.59 Å². The maximum absolute atomic E-state index is 11.8. The lowest BCUT2D eigenvalue weighted by atomic mass is 10.1. The fourth-order valence-corrected chi connectivity index (χ4v) is 1.94. The average Bonchev–Trinajstić information content (AvgIpc) is 2.26. The molecule has 0 aromatic heterocycles. The van der Waals surface area contributed by atoms with Gasteiger partial charge < -0.3 is 16.4 Å². The molecule has 1 fully saturated rings. The summed E-state index contributed by atoms with van der Waals surface area (Å²) in [6.45, 7) is 7.03. The van der Waals surface area contributed by atoms with Gasteiger partial charge in [0.2, 0.25) is 11.8 Å². The van der Waals surface area contributed by atoms with Crippen LogP contribution >= 0.6 is 0 Å². The Morgan fingerprint density at radius 1 is 1.35 bits per heavy atom. The fraction of sp³-hybridized carbons (Fsp3) is 0.750. The van der Waals surface area contributed by atoms with E-state index in [4.69, 9.17) is 5.73 Å². The summed E-state index contributed by atoms with van der Waals surface area (Å²) in [6.07, 6.45) is 0. The minimum absolute atomic E-state index is 0.0349. The van der Waals surface area contributed by atoms with E-state index < -0.39 is 29.4 Å². The predicted molar refractivity (Wildman–Crippen MR) is 73.9 cm³/mol. The van der Waals surface area contributed by atoms with Gasteiger partial charge in [-0.1, -0.05) is 0 Å². The first kappa shape index (κ1) is 16.4. The summed E-state index contributed by atoms with van der Waals surface area (Å²) in [5.41, 5.74) is 4.86. The van der Waals surface area contributed by atoms with Crippen molar-refractivity contribution in [3.63, 3.8) is 0 Å². The molecule has 1 heterocycles. The second-order valence-electron chi connectivity index (χ2n) is 5.85. The molecule has 0 aromatic rings. The molecule has 0 bridgehead atoms. The summed E-state index contributed by atoms with van der Waals surface area (Å²) >= 11 is 0. The van der Waals surface area contributed by atoms with Gasteiger partial charge in [-0.25, -0.2) is 4.79 Å². The van der Waals surface area contributed by atoms with Crippen molar-refractivity contribution in [1.82, 2.24) is 20.9 Å². The maximum atomic E-state index is 11.8. The van der Waals surface area contributed by atoms with Crippen molar-refractivity contribution >= 4 is 17.8 Å². The molecule has 0 aliphatic carbocycles. The van der Waals surface area contributed by atoms with Crippen LogP contribution in [0, 0.1) is 0 Å². The van der Waals surface area contributed by atoms with Crippen molar-refractivity contribution in [3.05, 3.63) is 0 Å². The number of nitrogens with one attached hydrogen (secondary N) is 3. The lowest BCUT2D eigenvalue weighted by Crippen LogP contribution is -2.59. The van der Waals surface area contributed by atoms with Crippen LogP contribution in [0.5, 0.6) is 0 Å². The number of hydrogen-bond acceptors (Lipinski definition) is 5. The first-order valence-corrected chi connectivity index (χ1v) is 6.55. The smallest absolute Gasteiger partial charge is 0.321 e. The molecule has 1 atom stereocenters. The lowest BCUT2D eigenvalue weighted by Gasteiger charge is -2.33. The third kappa shape index (κ3) is 5.54. The van der Waals surface area contributed by atoms with E-state index in [-0.39, 0.29) is 6.54 Å². The standard InChI is InChI=1S/C12H23N5O3/c1-12(2,3)16-11(20)15-9(18)7-17-5-4-14-6-8(17)10(13)19/h8,14H,4-7H2,1-3H3,(H2,13,19)(H2,15,16,18,20). The van der Waals surface area contributed by atoms with Gasteiger partial charge in [0, 0.05) is 25.2 Å². The van der Waals surface area contributed by atoms with E-state index in [0.717, 1.165) is 0 Å². The van der Waals surface area contributed by atoms with Gasteiger partial charge in [0.25, 0.3) is 0 Å². The molecule has 4 amide bonds. The quantitative estimate of drug-likeness (QED) is 0.497. The Labute approximate surface area is 118 Å². The highest BCUT2D eigenvalue weighted by Gasteiger charge is 2.28. The van der Waals surface area contributed by atoms with Gasteiger partial charge in [-0.15, -0.1) is 0 Å². The average molecular weight is 285 g/mol. The Hall–Kier alpha value is -1.67. The number of carbonyl (C=O) groups excluding carboxylic acids is 3. The first-order valence-electron chi connectivity index (χ1n) is 6.55. The van der Waals surface area contributed by atoms with Crippen LogP contribution in [0.15, 0.2) is 0 Å². The second kappa shape index (κ2) is 6.67. The van der Waals surface area contributed by atoms with Crippen molar-refractivity contribution in [2.75, 3.05) is 26.2 Å². The van der Waals surface area contributed by atoms with Crippen LogP contribution in [0.4, 0.5) is 4.79 Å². The number of piperazine rings is 1. The van der Waals surface area contributed by atoms with E-state index in [9.17, 15) is 14.4 Å². The molecule has 114 valence electrons. The monoisotopic (exact) mass is 285 g/mol. The van der Waals surface area contributed by atoms with E-state index in [1.54, 1.807) is 4.90 Å². The summed E-state index contributed by atoms with van der Waals surface area (Å²) in [7, 11) is 0. The Kier molecular flexibility index (Phi) is 5.46. The number of carbonyl (C=O) groups is 3. The molecule has 1 unspecified atom stereocenters. The van der Waals surface area contributed by atoms with Gasteiger partial charge in [-0.05, 0) is 20.8 Å². The van der Waals surface area contributed by atoms with Crippen molar-refractivity contribution in [2.45, 2.75) is 32.4 Å². The SMILES string of the molecule is CC(C)(C)NC(=O)NC(=O)CN1CCNCC1C(N)=O. The van der Waals surface area contributed by atoms with Crippen LogP contribution in [-0.4, -0.2) is 60.5 Å². The normalized spacial score (nSPS) is 20.2. The molecule has 0 aromatic carbocycles. The molecule has 5 N–H and O–H groups in total. The number of nitrogens with zero attached hydrogens (tertiary/aromatic N) is 1. The van der Waals surface area contributed by atoms with E-state index >= 15 is 0 Å². The fourth-order valence-electron chi connectivity index (χ4n) is 1.94. The number of hydrogen-bond donors (Lipinski definition) is 4. The number of rotatable bonds is 3. The van der Waals surface area contributed by atoms with E-state index in [2.05, 4.69) is 16.0 Å². The second-order valence-corrected chi connectivity index (χ2v) is 5.85. The molecule has 8 nitrogen and oxygen atoms in total. The van der Waals surface area contributed by atoms with E-state index in [1.165, 1.54) is 0 Å². The molecule has 1 rings (SSSR count). The molecular weight excluding hydrogens is 262 g/mol. The summed E-state index contributed by atoms with van der Waals surface area (Å²) in [4.78, 5) is 36.3. The zero-order valence-electron chi connectivity index (χ0n) is 12.2. The van der Waals surface area contributed by atoms with Gasteiger partial charge in [0.05, 0.1) is 6.54 Å². The van der Waals surface area contributed by atoms with Crippen LogP contribution in [0.25, 0.3) is 0 Å². The van der Waals surface area contributed by atoms with Crippen molar-refractivity contribution < 1.29 is 14.4 Å². The Balaban J connectivity index is 2.48. The van der Waals surface area contributed by atoms with Crippen molar-refractivity contribution in [2.24, 2.45) is 5.73 Å². The number of urea groups is 1. The zero-order chi connectivity index (χ0) is 15.3. The molecule has 20 heavy (non-hydrogen) atoms. The van der Waals surface area contributed by atoms with Crippen LogP contribution < -0.4 is 21.7 Å². The summed E-state index contributed by atoms with van der Waals surface area (Å²) in [5, 5.41) is 7.91. The molecule has 0 radical (unpaired) electrons. The molecular formula is C12H23N5O3. The van der Waals surface area contributed by atoms with Gasteiger partial charge in [-0.2, -0.15) is 0 Å². The zero-order valence-corrected chi connectivity index (χ0v) is 12.2. The van der Waals surface area contributed by atoms with Gasteiger partial charge >= 0.3 is 6.03 Å². The maximum Gasteiger partial charge on any atom is 0.321 e. The third-order valence-electron chi connectivity index (χ3n) is 2.77. The van der Waals surface area contributed by atoms with Gasteiger partial charge in [-0.3, -0.25) is 19.8 Å². The lowest BCUT2D eigenvalue weighted by molar-refractivity contribution is -0.127. The van der Waals surface area contributed by atoms with E-state index in [0.29, 0.717) is 19.6 Å². The predicted octanol–water partition coefficient (Wildman–Crippen LogP) is -1.63. The number of imide groups is 1. The number of nitrogens with two attached hydrogens (primary N) is 1. The highest BCUT2D eigenvalue weighted by molar-refractivity contribution is 5.95. The van der Waals surface area contributed by atoms with Gasteiger partial charge in [0.15, 0.2) is 0 Å².